The summed E-state index contributed by atoms with van der Waals surface area (Å²) in [4.78, 5) is 0. The largest absolute Gasteiger partial charge is 0.489 e. The summed E-state index contributed by atoms with van der Waals surface area (Å²) in [5, 5.41) is 14.0. The summed E-state index contributed by atoms with van der Waals surface area (Å²) in [5.74, 6) is 0.509. The van der Waals surface area contributed by atoms with Crippen molar-refractivity contribution in [3.8, 4) is 5.75 Å². The number of aliphatic hydroxyl groups is 1. The van der Waals surface area contributed by atoms with Crippen molar-refractivity contribution >= 4 is 51.5 Å². The van der Waals surface area contributed by atoms with Gasteiger partial charge in [0.2, 0.25) is 0 Å². The topological polar surface area (TPSA) is 41.5 Å². The summed E-state index contributed by atoms with van der Waals surface area (Å²) in [6, 6.07) is 12.9. The van der Waals surface area contributed by atoms with E-state index in [0.717, 1.165) is 5.69 Å². The Labute approximate surface area is 147 Å². The Balaban J connectivity index is 1.79. The number of rotatable bonds is 6. The highest BCUT2D eigenvalue weighted by molar-refractivity contribution is 14.1. The van der Waals surface area contributed by atoms with Crippen molar-refractivity contribution in [2.24, 2.45) is 0 Å². The molecule has 1 atom stereocenters. The molecule has 2 aromatic rings. The van der Waals surface area contributed by atoms with E-state index in [2.05, 4.69) is 27.9 Å². The van der Waals surface area contributed by atoms with E-state index in [4.69, 9.17) is 27.9 Å². The Hall–Kier alpha value is -0.690. The second-order valence-electron chi connectivity index (χ2n) is 4.43. The van der Waals surface area contributed by atoms with E-state index < -0.39 is 6.10 Å². The summed E-state index contributed by atoms with van der Waals surface area (Å²) in [5.41, 5.74) is 0.957. The molecule has 3 nitrogen and oxygen atoms in total. The Morgan fingerprint density at radius 1 is 1.14 bits per heavy atom. The van der Waals surface area contributed by atoms with Gasteiger partial charge in [-0.05, 0) is 65.1 Å². The highest BCUT2D eigenvalue weighted by Crippen LogP contribution is 2.27. The van der Waals surface area contributed by atoms with E-state index in [0.29, 0.717) is 22.3 Å². The molecule has 1 unspecified atom stereocenters. The van der Waals surface area contributed by atoms with Gasteiger partial charge in [-0.15, -0.1) is 0 Å². The summed E-state index contributed by atoms with van der Waals surface area (Å²) < 4.78 is 6.65. The van der Waals surface area contributed by atoms with E-state index in [9.17, 15) is 5.11 Å². The number of aliphatic hydroxyl groups excluding tert-OH is 1. The Bertz CT molecular complexity index is 593. The van der Waals surface area contributed by atoms with Crippen LogP contribution in [0.1, 0.15) is 0 Å². The third-order valence-corrected chi connectivity index (χ3v) is 3.96. The zero-order valence-corrected chi connectivity index (χ0v) is 14.7. The maximum Gasteiger partial charge on any atom is 0.138 e. The van der Waals surface area contributed by atoms with Crippen LogP contribution in [0.3, 0.4) is 0 Å². The third-order valence-electron chi connectivity index (χ3n) is 2.71. The number of halogens is 3. The Kier molecular flexibility index (Phi) is 6.41. The van der Waals surface area contributed by atoms with E-state index in [-0.39, 0.29) is 6.61 Å². The molecule has 0 aliphatic carbocycles. The lowest BCUT2D eigenvalue weighted by molar-refractivity contribution is 0.117. The van der Waals surface area contributed by atoms with Crippen molar-refractivity contribution in [2.75, 3.05) is 18.5 Å². The highest BCUT2D eigenvalue weighted by Gasteiger charge is 2.08. The van der Waals surface area contributed by atoms with Crippen LogP contribution in [-0.4, -0.2) is 24.4 Å². The first-order valence-corrected chi connectivity index (χ1v) is 8.13. The molecule has 0 fully saturated rings. The molecule has 21 heavy (non-hydrogen) atoms. The molecule has 0 radical (unpaired) electrons. The van der Waals surface area contributed by atoms with Gasteiger partial charge in [0.25, 0.3) is 0 Å². The van der Waals surface area contributed by atoms with Crippen LogP contribution in [-0.2, 0) is 0 Å². The number of hydrogen-bond acceptors (Lipinski definition) is 3. The summed E-state index contributed by atoms with van der Waals surface area (Å²) in [6.45, 7) is 0.546. The van der Waals surface area contributed by atoms with Gasteiger partial charge in [0.15, 0.2) is 0 Å². The van der Waals surface area contributed by atoms with Gasteiger partial charge in [0.1, 0.15) is 18.5 Å². The van der Waals surface area contributed by atoms with Gasteiger partial charge in [-0.3, -0.25) is 0 Å². The van der Waals surface area contributed by atoms with Gasteiger partial charge in [-0.25, -0.2) is 0 Å². The zero-order valence-electron chi connectivity index (χ0n) is 11.0. The van der Waals surface area contributed by atoms with Gasteiger partial charge >= 0.3 is 0 Å². The number of nitrogens with one attached hydrogen (secondary N) is 1. The van der Waals surface area contributed by atoms with Gasteiger partial charge in [0.05, 0.1) is 5.02 Å². The van der Waals surface area contributed by atoms with Crippen LogP contribution in [0.15, 0.2) is 42.5 Å². The fourth-order valence-electron chi connectivity index (χ4n) is 1.64. The quantitative estimate of drug-likeness (QED) is 0.656. The molecule has 0 bridgehead atoms. The van der Waals surface area contributed by atoms with Crippen LogP contribution in [0.25, 0.3) is 0 Å². The minimum absolute atomic E-state index is 0.152. The first-order valence-electron chi connectivity index (χ1n) is 6.30. The maximum absolute atomic E-state index is 9.91. The van der Waals surface area contributed by atoms with Crippen molar-refractivity contribution in [3.05, 3.63) is 56.1 Å². The van der Waals surface area contributed by atoms with Crippen molar-refractivity contribution in [1.29, 1.82) is 0 Å². The average molecular weight is 438 g/mol. The third kappa shape index (κ3) is 5.54. The molecule has 0 aromatic heterocycles. The molecule has 112 valence electrons. The van der Waals surface area contributed by atoms with E-state index in [1.165, 1.54) is 3.57 Å². The molecule has 2 N–H and O–H groups in total. The summed E-state index contributed by atoms with van der Waals surface area (Å²) in [7, 11) is 0. The first kappa shape index (κ1) is 16.7. The lowest BCUT2D eigenvalue weighted by atomic mass is 10.3. The zero-order chi connectivity index (χ0) is 15.2. The van der Waals surface area contributed by atoms with E-state index in [1.807, 2.05) is 24.3 Å². The Morgan fingerprint density at radius 2 is 1.86 bits per heavy atom. The van der Waals surface area contributed by atoms with Crippen molar-refractivity contribution in [3.63, 3.8) is 0 Å². The molecule has 0 saturated heterocycles. The standard InChI is InChI=1S/C15H14Cl2INO2/c16-10-1-6-15(14(17)7-10)21-9-13(20)8-19-12-4-2-11(18)3-5-12/h1-7,13,19-20H,8-9H2. The van der Waals surface area contributed by atoms with E-state index in [1.54, 1.807) is 18.2 Å². The van der Waals surface area contributed by atoms with Crippen molar-refractivity contribution in [2.45, 2.75) is 6.10 Å². The number of ether oxygens (including phenoxy) is 1. The van der Waals surface area contributed by atoms with E-state index >= 15 is 0 Å². The van der Waals surface area contributed by atoms with Crippen LogP contribution in [0.5, 0.6) is 5.75 Å². The minimum atomic E-state index is -0.643. The second-order valence-corrected chi connectivity index (χ2v) is 6.52. The number of hydrogen-bond donors (Lipinski definition) is 2. The lowest BCUT2D eigenvalue weighted by Gasteiger charge is -2.15. The summed E-state index contributed by atoms with van der Waals surface area (Å²) in [6.07, 6.45) is -0.643. The SMILES string of the molecule is OC(CNc1ccc(I)cc1)COc1ccc(Cl)cc1Cl. The smallest absolute Gasteiger partial charge is 0.138 e. The highest BCUT2D eigenvalue weighted by atomic mass is 127. The van der Waals surface area contributed by atoms with Gasteiger partial charge in [-0.1, -0.05) is 23.2 Å². The predicted octanol–water partition coefficient (Wildman–Crippen LogP) is 4.45. The molecule has 0 heterocycles. The number of anilines is 1. The summed E-state index contributed by atoms with van der Waals surface area (Å²) >= 11 is 14.0. The second kappa shape index (κ2) is 8.08. The van der Waals surface area contributed by atoms with Crippen molar-refractivity contribution < 1.29 is 9.84 Å². The molecule has 0 spiro atoms. The average Bonchev–Trinajstić information content (AvgIpc) is 2.46. The maximum atomic E-state index is 9.91. The molecule has 0 aliphatic rings. The fourth-order valence-corrected chi connectivity index (χ4v) is 2.46. The fraction of sp³-hybridized carbons (Fsp3) is 0.200. The van der Waals surface area contributed by atoms with Gasteiger partial charge in [0, 0.05) is 20.8 Å². The lowest BCUT2D eigenvalue weighted by Crippen LogP contribution is -2.26. The van der Waals surface area contributed by atoms with Gasteiger partial charge in [-0.2, -0.15) is 0 Å². The normalized spacial score (nSPS) is 12.0. The molecule has 2 rings (SSSR count). The molecule has 2 aromatic carbocycles. The monoisotopic (exact) mass is 437 g/mol. The van der Waals surface area contributed by atoms with Gasteiger partial charge < -0.3 is 15.2 Å². The van der Waals surface area contributed by atoms with Crippen LogP contribution >= 0.6 is 45.8 Å². The van der Waals surface area contributed by atoms with Crippen LogP contribution in [0.4, 0.5) is 5.69 Å². The minimum Gasteiger partial charge on any atom is -0.489 e. The van der Waals surface area contributed by atoms with Crippen molar-refractivity contribution in [1.82, 2.24) is 0 Å². The molecular formula is C15H14Cl2INO2. The van der Waals surface area contributed by atoms with Crippen LogP contribution in [0, 0.1) is 3.57 Å². The first-order chi connectivity index (χ1) is 10.0. The molecule has 0 aliphatic heterocycles. The molecule has 0 saturated carbocycles. The Morgan fingerprint density at radius 3 is 2.52 bits per heavy atom. The molecular weight excluding hydrogens is 424 g/mol. The molecule has 6 heteroatoms. The predicted molar refractivity (Wildman–Crippen MR) is 95.6 cm³/mol. The van der Waals surface area contributed by atoms with Crippen LogP contribution < -0.4 is 10.1 Å². The number of benzene rings is 2. The van der Waals surface area contributed by atoms with Crippen LogP contribution in [0.2, 0.25) is 10.0 Å². The molecule has 0 amide bonds.